The lowest BCUT2D eigenvalue weighted by Crippen LogP contribution is -2.36. The summed E-state index contributed by atoms with van der Waals surface area (Å²) in [5.41, 5.74) is 14.3. The molecule has 112 valence electrons. The Morgan fingerprint density at radius 1 is 0.952 bits per heavy atom. The Hall–Kier alpha value is -1.60. The zero-order valence-corrected chi connectivity index (χ0v) is 14.0. The second-order valence-electron chi connectivity index (χ2n) is 6.52. The maximum atomic E-state index is 6.64. The van der Waals surface area contributed by atoms with Gasteiger partial charge in [0.05, 0.1) is 0 Å². The monoisotopic (exact) mass is 281 g/mol. The molecule has 1 heteroatoms. The van der Waals surface area contributed by atoms with E-state index in [1.165, 1.54) is 33.4 Å². The third-order valence-electron chi connectivity index (χ3n) is 4.41. The fourth-order valence-corrected chi connectivity index (χ4v) is 3.08. The molecule has 2 aromatic carbocycles. The minimum Gasteiger partial charge on any atom is -0.321 e. The van der Waals surface area contributed by atoms with Crippen molar-refractivity contribution >= 4 is 0 Å². The van der Waals surface area contributed by atoms with Crippen molar-refractivity contribution in [3.05, 3.63) is 69.8 Å². The minimum absolute atomic E-state index is 0.336. The third-order valence-corrected chi connectivity index (χ3v) is 4.41. The molecule has 0 bridgehead atoms. The quantitative estimate of drug-likeness (QED) is 0.871. The van der Waals surface area contributed by atoms with E-state index in [1.807, 2.05) is 0 Å². The van der Waals surface area contributed by atoms with E-state index < -0.39 is 0 Å². The number of hydrogen-bond acceptors (Lipinski definition) is 1. The first-order valence-electron chi connectivity index (χ1n) is 7.78. The van der Waals surface area contributed by atoms with Crippen LogP contribution < -0.4 is 5.73 Å². The predicted octanol–water partition coefficient (Wildman–Crippen LogP) is 4.59. The molecule has 0 spiro atoms. The van der Waals surface area contributed by atoms with Crippen LogP contribution in [0.15, 0.2) is 36.4 Å². The van der Waals surface area contributed by atoms with Gasteiger partial charge >= 0.3 is 0 Å². The lowest BCUT2D eigenvalue weighted by Gasteiger charge is -2.27. The van der Waals surface area contributed by atoms with E-state index in [9.17, 15) is 0 Å². The van der Waals surface area contributed by atoms with Crippen LogP contribution in [-0.2, 0) is 18.4 Å². The molecule has 0 saturated carbocycles. The van der Waals surface area contributed by atoms with Gasteiger partial charge in [0.15, 0.2) is 0 Å². The van der Waals surface area contributed by atoms with Crippen LogP contribution in [0, 0.1) is 20.8 Å². The molecule has 0 heterocycles. The van der Waals surface area contributed by atoms with E-state index in [0.717, 1.165) is 12.8 Å². The van der Waals surface area contributed by atoms with Crippen molar-refractivity contribution in [3.8, 4) is 0 Å². The van der Waals surface area contributed by atoms with Gasteiger partial charge in [-0.05, 0) is 68.4 Å². The molecule has 1 unspecified atom stereocenters. The molecule has 1 atom stereocenters. The summed E-state index contributed by atoms with van der Waals surface area (Å²) in [5.74, 6) is 0. The van der Waals surface area contributed by atoms with Gasteiger partial charge in [0.25, 0.3) is 0 Å². The van der Waals surface area contributed by atoms with Gasteiger partial charge in [-0.1, -0.05) is 48.9 Å². The Labute approximate surface area is 129 Å². The number of hydrogen-bond donors (Lipinski definition) is 1. The van der Waals surface area contributed by atoms with Crippen molar-refractivity contribution in [2.24, 2.45) is 5.73 Å². The number of rotatable bonds is 4. The topological polar surface area (TPSA) is 26.0 Å². The zero-order chi connectivity index (χ0) is 15.6. The molecule has 0 radical (unpaired) electrons. The van der Waals surface area contributed by atoms with E-state index in [1.54, 1.807) is 0 Å². The molecule has 21 heavy (non-hydrogen) atoms. The first kappa shape index (κ1) is 15.8. The average Bonchev–Trinajstić information content (AvgIpc) is 2.43. The summed E-state index contributed by atoms with van der Waals surface area (Å²) in [7, 11) is 0. The van der Waals surface area contributed by atoms with Crippen LogP contribution in [0.5, 0.6) is 0 Å². The molecule has 0 aliphatic carbocycles. The van der Waals surface area contributed by atoms with E-state index in [0.29, 0.717) is 0 Å². The number of nitrogens with two attached hydrogens (primary N) is 1. The fourth-order valence-electron chi connectivity index (χ4n) is 3.08. The van der Waals surface area contributed by atoms with Gasteiger partial charge in [-0.25, -0.2) is 0 Å². The van der Waals surface area contributed by atoms with Crippen molar-refractivity contribution in [2.75, 3.05) is 0 Å². The minimum atomic E-state index is -0.336. The number of benzene rings is 2. The van der Waals surface area contributed by atoms with Crippen LogP contribution in [0.1, 0.15) is 47.2 Å². The van der Waals surface area contributed by atoms with Gasteiger partial charge in [-0.2, -0.15) is 0 Å². The molecule has 0 fully saturated rings. The summed E-state index contributed by atoms with van der Waals surface area (Å²) in [6, 6.07) is 13.2. The lowest BCUT2D eigenvalue weighted by atomic mass is 9.83. The van der Waals surface area contributed by atoms with Gasteiger partial charge in [0.2, 0.25) is 0 Å². The van der Waals surface area contributed by atoms with Crippen LogP contribution in [0.4, 0.5) is 0 Å². The van der Waals surface area contributed by atoms with E-state index >= 15 is 0 Å². The van der Waals surface area contributed by atoms with Gasteiger partial charge in [-0.15, -0.1) is 0 Å². The predicted molar refractivity (Wildman–Crippen MR) is 91.7 cm³/mol. The van der Waals surface area contributed by atoms with Gasteiger partial charge in [0.1, 0.15) is 0 Å². The second kappa shape index (κ2) is 6.03. The maximum absolute atomic E-state index is 6.64. The van der Waals surface area contributed by atoms with Crippen LogP contribution >= 0.6 is 0 Å². The van der Waals surface area contributed by atoms with E-state index in [2.05, 4.69) is 71.0 Å². The molecule has 0 saturated heterocycles. The fraction of sp³-hybridized carbons (Fsp3) is 0.400. The number of aryl methyl sites for hydroxylation is 4. The van der Waals surface area contributed by atoms with Crippen LogP contribution in [0.2, 0.25) is 0 Å². The van der Waals surface area contributed by atoms with Crippen molar-refractivity contribution in [1.82, 2.24) is 0 Å². The Morgan fingerprint density at radius 3 is 1.95 bits per heavy atom. The van der Waals surface area contributed by atoms with E-state index in [-0.39, 0.29) is 5.54 Å². The maximum Gasteiger partial charge on any atom is 0.0422 e. The smallest absolute Gasteiger partial charge is 0.0422 e. The van der Waals surface area contributed by atoms with Crippen LogP contribution in [-0.4, -0.2) is 0 Å². The molecule has 0 aromatic heterocycles. The SMILES string of the molecule is CCc1ccc(C(C)(N)Cc2c(C)cc(C)cc2C)cc1. The summed E-state index contributed by atoms with van der Waals surface area (Å²) in [6.45, 7) is 10.8. The van der Waals surface area contributed by atoms with Crippen molar-refractivity contribution in [1.29, 1.82) is 0 Å². The Kier molecular flexibility index (Phi) is 4.53. The normalized spacial score (nSPS) is 14.0. The summed E-state index contributed by atoms with van der Waals surface area (Å²) in [5, 5.41) is 0. The molecular formula is C20H27N. The summed E-state index contributed by atoms with van der Waals surface area (Å²) < 4.78 is 0. The summed E-state index contributed by atoms with van der Waals surface area (Å²) in [6.07, 6.45) is 1.94. The molecular weight excluding hydrogens is 254 g/mol. The highest BCUT2D eigenvalue weighted by Crippen LogP contribution is 2.27. The first-order chi connectivity index (χ1) is 9.83. The van der Waals surface area contributed by atoms with Crippen LogP contribution in [0.25, 0.3) is 0 Å². The molecule has 0 amide bonds. The third kappa shape index (κ3) is 3.54. The molecule has 2 aromatic rings. The summed E-state index contributed by atoms with van der Waals surface area (Å²) >= 11 is 0. The van der Waals surface area contributed by atoms with E-state index in [4.69, 9.17) is 5.73 Å². The summed E-state index contributed by atoms with van der Waals surface area (Å²) in [4.78, 5) is 0. The highest BCUT2D eigenvalue weighted by Gasteiger charge is 2.23. The Balaban J connectivity index is 2.32. The molecule has 2 rings (SSSR count). The Bertz CT molecular complexity index is 598. The first-order valence-corrected chi connectivity index (χ1v) is 7.78. The molecule has 0 aliphatic heterocycles. The highest BCUT2D eigenvalue weighted by molar-refractivity contribution is 5.40. The molecule has 1 nitrogen and oxygen atoms in total. The zero-order valence-electron chi connectivity index (χ0n) is 14.0. The van der Waals surface area contributed by atoms with Gasteiger partial charge < -0.3 is 5.73 Å². The van der Waals surface area contributed by atoms with Crippen LogP contribution in [0.3, 0.4) is 0 Å². The Morgan fingerprint density at radius 2 is 1.48 bits per heavy atom. The lowest BCUT2D eigenvalue weighted by molar-refractivity contribution is 0.489. The second-order valence-corrected chi connectivity index (χ2v) is 6.52. The average molecular weight is 281 g/mol. The van der Waals surface area contributed by atoms with Crippen molar-refractivity contribution < 1.29 is 0 Å². The van der Waals surface area contributed by atoms with Crippen molar-refractivity contribution in [2.45, 2.75) is 53.0 Å². The van der Waals surface area contributed by atoms with Gasteiger partial charge in [0, 0.05) is 5.54 Å². The largest absolute Gasteiger partial charge is 0.321 e. The van der Waals surface area contributed by atoms with Gasteiger partial charge in [-0.3, -0.25) is 0 Å². The molecule has 0 aliphatic rings. The highest BCUT2D eigenvalue weighted by atomic mass is 14.7. The standard InChI is InChI=1S/C20H27N/c1-6-17-7-9-18(10-8-17)20(5,21)13-19-15(3)11-14(2)12-16(19)4/h7-12H,6,13,21H2,1-5H3. The molecule has 2 N–H and O–H groups in total. The van der Waals surface area contributed by atoms with Crippen molar-refractivity contribution in [3.63, 3.8) is 0 Å².